The Morgan fingerprint density at radius 1 is 1.50 bits per heavy atom. The highest BCUT2D eigenvalue weighted by atomic mass is 16.5. The fourth-order valence-electron chi connectivity index (χ4n) is 2.86. The monoisotopic (exact) mass is 326 g/mol. The van der Waals surface area contributed by atoms with Crippen LogP contribution in [0.2, 0.25) is 0 Å². The number of amides is 2. The molecule has 0 spiro atoms. The summed E-state index contributed by atoms with van der Waals surface area (Å²) in [5.74, 6) is 1.17. The molecular weight excluding hydrogens is 308 g/mol. The highest BCUT2D eigenvalue weighted by Crippen LogP contribution is 2.29. The summed E-state index contributed by atoms with van der Waals surface area (Å²) >= 11 is 0. The van der Waals surface area contributed by atoms with E-state index in [4.69, 9.17) is 9.78 Å². The molecule has 2 aromatic rings. The third-order valence-corrected chi connectivity index (χ3v) is 3.96. The highest BCUT2D eigenvalue weighted by molar-refractivity contribution is 5.89. The van der Waals surface area contributed by atoms with Crippen LogP contribution in [-0.4, -0.2) is 40.7 Å². The Kier molecular flexibility index (Phi) is 4.44. The highest BCUT2D eigenvalue weighted by Gasteiger charge is 2.34. The van der Waals surface area contributed by atoms with Crippen LogP contribution in [0.15, 0.2) is 28.8 Å². The molecule has 2 N–H and O–H groups in total. The first-order valence-corrected chi connectivity index (χ1v) is 7.63. The first kappa shape index (κ1) is 16.0. The van der Waals surface area contributed by atoms with Gasteiger partial charge in [-0.3, -0.25) is 4.90 Å². The van der Waals surface area contributed by atoms with E-state index in [1.807, 2.05) is 13.1 Å². The van der Waals surface area contributed by atoms with E-state index in [0.717, 1.165) is 0 Å². The Morgan fingerprint density at radius 2 is 2.33 bits per heavy atom. The topological polar surface area (TPSA) is 107 Å². The Morgan fingerprint density at radius 3 is 3.04 bits per heavy atom. The molecule has 1 saturated heterocycles. The van der Waals surface area contributed by atoms with E-state index < -0.39 is 0 Å². The first-order chi connectivity index (χ1) is 11.5. The molecule has 1 fully saturated rings. The van der Waals surface area contributed by atoms with Gasteiger partial charge in [0.25, 0.3) is 0 Å². The smallest absolute Gasteiger partial charge is 0.319 e. The maximum atomic E-state index is 12.1. The molecule has 8 heteroatoms. The Labute approximate surface area is 139 Å². The van der Waals surface area contributed by atoms with Crippen molar-refractivity contribution in [3.8, 4) is 6.07 Å². The summed E-state index contributed by atoms with van der Waals surface area (Å²) in [5, 5.41) is 18.4. The summed E-state index contributed by atoms with van der Waals surface area (Å²) < 4.78 is 5.23. The minimum Gasteiger partial charge on any atom is -0.338 e. The normalized spacial score (nSPS) is 20.5. The predicted molar refractivity (Wildman–Crippen MR) is 86.1 cm³/mol. The number of likely N-dealkylation sites (N-methyl/N-ethyl adjacent to an activating group) is 1. The molecule has 0 aliphatic carbocycles. The number of hydrogen-bond acceptors (Lipinski definition) is 6. The van der Waals surface area contributed by atoms with E-state index in [1.165, 1.54) is 0 Å². The Balaban J connectivity index is 1.58. The van der Waals surface area contributed by atoms with Gasteiger partial charge in [0.05, 0.1) is 17.7 Å². The van der Waals surface area contributed by atoms with Crippen molar-refractivity contribution in [2.45, 2.75) is 25.4 Å². The van der Waals surface area contributed by atoms with E-state index in [0.29, 0.717) is 35.9 Å². The van der Waals surface area contributed by atoms with Crippen molar-refractivity contribution >= 4 is 11.7 Å². The van der Waals surface area contributed by atoms with Crippen LogP contribution < -0.4 is 10.6 Å². The molecule has 0 saturated carbocycles. The summed E-state index contributed by atoms with van der Waals surface area (Å²) in [4.78, 5) is 18.5. The molecule has 8 nitrogen and oxygen atoms in total. The van der Waals surface area contributed by atoms with Crippen LogP contribution in [0.3, 0.4) is 0 Å². The van der Waals surface area contributed by atoms with Gasteiger partial charge in [-0.05, 0) is 38.6 Å². The van der Waals surface area contributed by atoms with Crippen molar-refractivity contribution < 1.29 is 9.32 Å². The molecule has 2 atom stereocenters. The molecule has 1 aromatic heterocycles. The third-order valence-electron chi connectivity index (χ3n) is 3.96. The lowest BCUT2D eigenvalue weighted by molar-refractivity contribution is 0.243. The zero-order chi connectivity index (χ0) is 17.1. The number of aromatic nitrogens is 2. The van der Waals surface area contributed by atoms with Gasteiger partial charge in [0.2, 0.25) is 5.89 Å². The number of benzene rings is 1. The van der Waals surface area contributed by atoms with E-state index in [9.17, 15) is 4.79 Å². The van der Waals surface area contributed by atoms with Gasteiger partial charge in [0.1, 0.15) is 0 Å². The summed E-state index contributed by atoms with van der Waals surface area (Å²) in [6.07, 6.45) is 0.698. The molecule has 3 rings (SSSR count). The molecular formula is C16H18N6O2. The molecule has 1 aliphatic heterocycles. The molecule has 1 aliphatic rings. The number of anilines is 1. The zero-order valence-corrected chi connectivity index (χ0v) is 13.5. The van der Waals surface area contributed by atoms with Gasteiger partial charge in [0.15, 0.2) is 5.82 Å². The Hall–Kier alpha value is -2.92. The lowest BCUT2D eigenvalue weighted by atomic mass is 10.1. The molecule has 24 heavy (non-hydrogen) atoms. The van der Waals surface area contributed by atoms with Gasteiger partial charge in [-0.1, -0.05) is 11.2 Å². The second-order valence-electron chi connectivity index (χ2n) is 5.86. The SMILES string of the molecule is Cc1noc(C2CC(NC(=O)Nc3cccc(C#N)c3)CN2C)n1. The molecule has 124 valence electrons. The van der Waals surface area contributed by atoms with Gasteiger partial charge in [-0.2, -0.15) is 10.2 Å². The van der Waals surface area contributed by atoms with E-state index in [2.05, 4.69) is 25.7 Å². The van der Waals surface area contributed by atoms with Gasteiger partial charge in [-0.25, -0.2) is 4.79 Å². The minimum absolute atomic E-state index is 0.00147. The summed E-state index contributed by atoms with van der Waals surface area (Å²) in [7, 11) is 1.96. The second kappa shape index (κ2) is 6.68. The first-order valence-electron chi connectivity index (χ1n) is 7.63. The van der Waals surface area contributed by atoms with Gasteiger partial charge < -0.3 is 15.2 Å². The molecule has 1 aromatic carbocycles. The summed E-state index contributed by atoms with van der Waals surface area (Å²) in [6.45, 7) is 2.47. The van der Waals surface area contributed by atoms with Crippen LogP contribution >= 0.6 is 0 Å². The lowest BCUT2D eigenvalue weighted by Gasteiger charge is -2.14. The number of nitrogens with zero attached hydrogens (tertiary/aromatic N) is 4. The molecule has 2 unspecified atom stereocenters. The van der Waals surface area contributed by atoms with Crippen molar-refractivity contribution in [1.29, 1.82) is 5.26 Å². The van der Waals surface area contributed by atoms with Crippen LogP contribution in [0.25, 0.3) is 0 Å². The number of rotatable bonds is 3. The Bertz CT molecular complexity index is 781. The molecule has 2 heterocycles. The maximum Gasteiger partial charge on any atom is 0.319 e. The van der Waals surface area contributed by atoms with E-state index in [1.54, 1.807) is 31.2 Å². The molecule has 0 radical (unpaired) electrons. The van der Waals surface area contributed by atoms with Crippen molar-refractivity contribution in [1.82, 2.24) is 20.4 Å². The molecule has 2 amide bonds. The molecule has 0 bridgehead atoms. The predicted octanol–water partition coefficient (Wildman–Crippen LogP) is 1.82. The van der Waals surface area contributed by atoms with Crippen molar-refractivity contribution in [3.05, 3.63) is 41.5 Å². The fraction of sp³-hybridized carbons (Fsp3) is 0.375. The quantitative estimate of drug-likeness (QED) is 0.891. The number of aryl methyl sites for hydroxylation is 1. The second-order valence-corrected chi connectivity index (χ2v) is 5.86. The van der Waals surface area contributed by atoms with Crippen LogP contribution in [0.5, 0.6) is 0 Å². The lowest BCUT2D eigenvalue weighted by Crippen LogP contribution is -2.39. The number of carbonyl (C=O) groups is 1. The van der Waals surface area contributed by atoms with Crippen molar-refractivity contribution in [3.63, 3.8) is 0 Å². The standard InChI is InChI=1S/C16H18N6O2/c1-10-18-15(24-21-10)14-7-13(9-22(14)2)20-16(23)19-12-5-3-4-11(6-12)8-17/h3-6,13-14H,7,9H2,1-2H3,(H2,19,20,23). The number of likely N-dealkylation sites (tertiary alicyclic amines) is 1. The average Bonchev–Trinajstić information content (AvgIpc) is 3.13. The van der Waals surface area contributed by atoms with Crippen LogP contribution in [0.4, 0.5) is 10.5 Å². The van der Waals surface area contributed by atoms with Crippen LogP contribution in [0, 0.1) is 18.3 Å². The van der Waals surface area contributed by atoms with Gasteiger partial charge in [-0.15, -0.1) is 0 Å². The fourth-order valence-corrected chi connectivity index (χ4v) is 2.86. The number of urea groups is 1. The third kappa shape index (κ3) is 3.52. The largest absolute Gasteiger partial charge is 0.338 e. The van der Waals surface area contributed by atoms with E-state index in [-0.39, 0.29) is 18.1 Å². The van der Waals surface area contributed by atoms with Crippen molar-refractivity contribution in [2.24, 2.45) is 0 Å². The van der Waals surface area contributed by atoms with Gasteiger partial charge in [0, 0.05) is 18.3 Å². The van der Waals surface area contributed by atoms with Gasteiger partial charge >= 0.3 is 6.03 Å². The summed E-state index contributed by atoms with van der Waals surface area (Å²) in [5.41, 5.74) is 1.09. The maximum absolute atomic E-state index is 12.1. The number of nitrogens with one attached hydrogen (secondary N) is 2. The average molecular weight is 326 g/mol. The van der Waals surface area contributed by atoms with Crippen molar-refractivity contribution in [2.75, 3.05) is 18.9 Å². The van der Waals surface area contributed by atoms with E-state index >= 15 is 0 Å². The number of carbonyl (C=O) groups excluding carboxylic acids is 1. The number of nitriles is 1. The minimum atomic E-state index is -0.300. The summed E-state index contributed by atoms with van der Waals surface area (Å²) in [6, 6.07) is 8.51. The zero-order valence-electron chi connectivity index (χ0n) is 13.5. The number of hydrogen-bond donors (Lipinski definition) is 2. The van der Waals surface area contributed by atoms with Crippen LogP contribution in [0.1, 0.15) is 29.7 Å². The van der Waals surface area contributed by atoms with Crippen LogP contribution in [-0.2, 0) is 0 Å².